The van der Waals surface area contributed by atoms with Crippen LogP contribution in [0.5, 0.6) is 5.75 Å². The van der Waals surface area contributed by atoms with Crippen molar-refractivity contribution >= 4 is 17.5 Å². The molecule has 3 aromatic rings. The topological polar surface area (TPSA) is 58.6 Å². The summed E-state index contributed by atoms with van der Waals surface area (Å²) in [6.45, 7) is 2.39. The molecular weight excluding hydrogens is 407 g/mol. The third-order valence-corrected chi connectivity index (χ3v) is 5.69. The molecule has 0 spiro atoms. The number of nitrogens with zero attached hydrogens (tertiary/aromatic N) is 1. The average molecular weight is 432 g/mol. The number of benzene rings is 3. The van der Waals surface area contributed by atoms with Gasteiger partial charge in [-0.05, 0) is 72.5 Å². The van der Waals surface area contributed by atoms with E-state index < -0.39 is 0 Å². The fourth-order valence-electron chi connectivity index (χ4n) is 4.00. The lowest BCUT2D eigenvalue weighted by Gasteiger charge is -2.23. The number of rotatable bonds is 6. The number of carbonyl (C=O) groups excluding carboxylic acids is 2. The number of carbonyl (C=O) groups is 2. The highest BCUT2D eigenvalue weighted by molar-refractivity contribution is 6.07. The number of anilines is 1. The summed E-state index contributed by atoms with van der Waals surface area (Å²) in [4.78, 5) is 27.3. The van der Waals surface area contributed by atoms with Gasteiger partial charge in [-0.3, -0.25) is 9.59 Å². The zero-order chi connectivity index (χ0) is 22.7. The summed E-state index contributed by atoms with van der Waals surface area (Å²) >= 11 is 0. The number of methoxy groups -OCH3 is 1. The monoisotopic (exact) mass is 432 g/mol. The van der Waals surface area contributed by atoms with Gasteiger partial charge < -0.3 is 15.0 Å². The number of amides is 2. The molecule has 6 heteroatoms. The summed E-state index contributed by atoms with van der Waals surface area (Å²) in [5, 5.41) is 2.90. The Morgan fingerprint density at radius 3 is 2.41 bits per heavy atom. The van der Waals surface area contributed by atoms with E-state index in [2.05, 4.69) is 5.32 Å². The molecule has 1 aliphatic rings. The highest BCUT2D eigenvalue weighted by atomic mass is 19.1. The van der Waals surface area contributed by atoms with Gasteiger partial charge >= 0.3 is 0 Å². The van der Waals surface area contributed by atoms with Crippen molar-refractivity contribution in [2.75, 3.05) is 12.0 Å². The minimum atomic E-state index is -0.324. The first-order valence-corrected chi connectivity index (χ1v) is 10.5. The number of ether oxygens (including phenoxy) is 1. The van der Waals surface area contributed by atoms with Gasteiger partial charge in [0, 0.05) is 23.8 Å². The molecule has 0 fully saturated rings. The van der Waals surface area contributed by atoms with Crippen LogP contribution in [-0.2, 0) is 24.2 Å². The predicted molar refractivity (Wildman–Crippen MR) is 121 cm³/mol. The minimum Gasteiger partial charge on any atom is -0.497 e. The standard InChI is InChI=1S/C26H25FN2O3/c1-17-13-21-6-3-19(16-28-25(30)15-18-4-9-22(27)10-5-18)14-24(21)29(17)26(31)20-7-11-23(32-2)12-8-20/h3-12,14,17H,13,15-16H2,1-2H3,(H,28,30)/t17-/m1/s1. The molecule has 0 unspecified atom stereocenters. The second-order valence-electron chi connectivity index (χ2n) is 8.00. The van der Waals surface area contributed by atoms with Gasteiger partial charge in [0.15, 0.2) is 0 Å². The number of nitrogens with one attached hydrogen (secondary N) is 1. The summed E-state index contributed by atoms with van der Waals surface area (Å²) in [5.74, 6) is 0.179. The lowest BCUT2D eigenvalue weighted by atomic mass is 10.1. The average Bonchev–Trinajstić information content (AvgIpc) is 3.13. The van der Waals surface area contributed by atoms with E-state index in [0.717, 1.165) is 28.8 Å². The van der Waals surface area contributed by atoms with E-state index in [1.54, 1.807) is 43.5 Å². The third kappa shape index (κ3) is 4.64. The molecule has 0 saturated carbocycles. The minimum absolute atomic E-state index is 0.0444. The van der Waals surface area contributed by atoms with Crippen LogP contribution in [-0.4, -0.2) is 25.0 Å². The molecule has 1 aliphatic heterocycles. The van der Waals surface area contributed by atoms with Crippen LogP contribution in [0.2, 0.25) is 0 Å². The Balaban J connectivity index is 1.45. The van der Waals surface area contributed by atoms with Gasteiger partial charge in [0.2, 0.25) is 5.91 Å². The van der Waals surface area contributed by atoms with E-state index in [-0.39, 0.29) is 30.1 Å². The van der Waals surface area contributed by atoms with Crippen LogP contribution in [0.3, 0.4) is 0 Å². The van der Waals surface area contributed by atoms with Crippen molar-refractivity contribution < 1.29 is 18.7 Å². The highest BCUT2D eigenvalue weighted by Gasteiger charge is 2.31. The summed E-state index contributed by atoms with van der Waals surface area (Å²) in [6.07, 6.45) is 0.971. The van der Waals surface area contributed by atoms with Gasteiger partial charge in [0.1, 0.15) is 11.6 Å². The third-order valence-electron chi connectivity index (χ3n) is 5.69. The molecule has 4 rings (SSSR count). The smallest absolute Gasteiger partial charge is 0.258 e. The Labute approximate surface area is 186 Å². The molecule has 1 heterocycles. The molecule has 0 bridgehead atoms. The zero-order valence-corrected chi connectivity index (χ0v) is 18.1. The van der Waals surface area contributed by atoms with Gasteiger partial charge in [-0.2, -0.15) is 0 Å². The lowest BCUT2D eigenvalue weighted by molar-refractivity contribution is -0.120. The molecule has 3 aromatic carbocycles. The Morgan fingerprint density at radius 1 is 1.03 bits per heavy atom. The first-order valence-electron chi connectivity index (χ1n) is 10.5. The van der Waals surface area contributed by atoms with E-state index in [0.29, 0.717) is 17.9 Å². The molecular formula is C26H25FN2O3. The van der Waals surface area contributed by atoms with Crippen LogP contribution in [0, 0.1) is 5.82 Å². The summed E-state index contributed by atoms with van der Waals surface area (Å²) in [6, 6.07) is 19.0. The number of fused-ring (bicyclic) bond motifs is 1. The SMILES string of the molecule is COc1ccc(C(=O)N2c3cc(CNC(=O)Cc4ccc(F)cc4)ccc3C[C@H]2C)cc1. The Morgan fingerprint density at radius 2 is 1.72 bits per heavy atom. The second kappa shape index (κ2) is 9.22. The van der Waals surface area contributed by atoms with E-state index in [4.69, 9.17) is 4.74 Å². The molecule has 164 valence electrons. The maximum Gasteiger partial charge on any atom is 0.258 e. The predicted octanol–water partition coefficient (Wildman–Crippen LogP) is 4.28. The molecule has 1 atom stereocenters. The van der Waals surface area contributed by atoms with Gasteiger partial charge in [-0.1, -0.05) is 24.3 Å². The maximum absolute atomic E-state index is 13.2. The summed E-state index contributed by atoms with van der Waals surface area (Å²) in [7, 11) is 1.59. The summed E-state index contributed by atoms with van der Waals surface area (Å²) in [5.41, 5.74) is 4.26. The van der Waals surface area contributed by atoms with Gasteiger partial charge in [0.05, 0.1) is 13.5 Å². The maximum atomic E-state index is 13.2. The summed E-state index contributed by atoms with van der Waals surface area (Å²) < 4.78 is 18.2. The van der Waals surface area contributed by atoms with Crippen LogP contribution in [0.25, 0.3) is 0 Å². The van der Waals surface area contributed by atoms with Crippen LogP contribution in [0.4, 0.5) is 10.1 Å². The quantitative estimate of drug-likeness (QED) is 0.632. The lowest BCUT2D eigenvalue weighted by Crippen LogP contribution is -2.35. The fraction of sp³-hybridized carbons (Fsp3) is 0.231. The zero-order valence-electron chi connectivity index (χ0n) is 18.1. The first kappa shape index (κ1) is 21.6. The van der Waals surface area contributed by atoms with Crippen molar-refractivity contribution in [2.24, 2.45) is 0 Å². The molecule has 5 nitrogen and oxygen atoms in total. The largest absolute Gasteiger partial charge is 0.497 e. The molecule has 2 amide bonds. The Bertz CT molecular complexity index is 1130. The van der Waals surface area contributed by atoms with Crippen molar-refractivity contribution in [2.45, 2.75) is 32.4 Å². The molecule has 0 radical (unpaired) electrons. The van der Waals surface area contributed by atoms with Crippen LogP contribution in [0.15, 0.2) is 66.7 Å². The fourth-order valence-corrected chi connectivity index (χ4v) is 4.00. The van der Waals surface area contributed by atoms with Gasteiger partial charge in [-0.25, -0.2) is 4.39 Å². The number of halogens is 1. The molecule has 0 saturated heterocycles. The Kier molecular flexibility index (Phi) is 6.21. The van der Waals surface area contributed by atoms with Crippen molar-refractivity contribution in [1.82, 2.24) is 5.32 Å². The van der Waals surface area contributed by atoms with Crippen LogP contribution < -0.4 is 15.0 Å². The van der Waals surface area contributed by atoms with E-state index >= 15 is 0 Å². The van der Waals surface area contributed by atoms with Crippen molar-refractivity contribution in [3.63, 3.8) is 0 Å². The number of hydrogen-bond donors (Lipinski definition) is 1. The van der Waals surface area contributed by atoms with Crippen molar-refractivity contribution in [1.29, 1.82) is 0 Å². The first-order chi connectivity index (χ1) is 15.4. The van der Waals surface area contributed by atoms with E-state index in [9.17, 15) is 14.0 Å². The van der Waals surface area contributed by atoms with Crippen molar-refractivity contribution in [3.8, 4) is 5.75 Å². The van der Waals surface area contributed by atoms with Crippen molar-refractivity contribution in [3.05, 3.63) is 94.8 Å². The Hall–Kier alpha value is -3.67. The molecule has 1 N–H and O–H groups in total. The van der Waals surface area contributed by atoms with E-state index in [1.807, 2.05) is 30.0 Å². The van der Waals surface area contributed by atoms with Crippen LogP contribution in [0.1, 0.15) is 34.0 Å². The highest BCUT2D eigenvalue weighted by Crippen LogP contribution is 2.34. The molecule has 0 aliphatic carbocycles. The number of hydrogen-bond acceptors (Lipinski definition) is 3. The van der Waals surface area contributed by atoms with Gasteiger partial charge in [0.25, 0.3) is 5.91 Å². The normalized spacial score (nSPS) is 14.7. The van der Waals surface area contributed by atoms with Crippen LogP contribution >= 0.6 is 0 Å². The van der Waals surface area contributed by atoms with Gasteiger partial charge in [-0.15, -0.1) is 0 Å². The second-order valence-corrected chi connectivity index (χ2v) is 8.00. The van der Waals surface area contributed by atoms with E-state index in [1.165, 1.54) is 12.1 Å². The molecule has 0 aromatic heterocycles. The molecule has 32 heavy (non-hydrogen) atoms.